The summed E-state index contributed by atoms with van der Waals surface area (Å²) in [6, 6.07) is 10.3. The average Bonchev–Trinajstić information content (AvgIpc) is 2.78. The first-order chi connectivity index (χ1) is 14.8. The number of rotatable bonds is 7. The van der Waals surface area contributed by atoms with E-state index in [0.717, 1.165) is 6.07 Å². The lowest BCUT2D eigenvalue weighted by Crippen LogP contribution is -2.16. The summed E-state index contributed by atoms with van der Waals surface area (Å²) in [4.78, 5) is -1.11. The van der Waals surface area contributed by atoms with Crippen LogP contribution < -0.4 is 13.8 Å². The summed E-state index contributed by atoms with van der Waals surface area (Å²) in [5, 5.41) is 0. The minimum absolute atomic E-state index is 0.0556. The second-order valence-corrected chi connectivity index (χ2v) is 7.23. The van der Waals surface area contributed by atoms with Crippen molar-refractivity contribution in [2.24, 2.45) is 0 Å². The molecule has 3 rings (SSSR count). The molecule has 0 aromatic heterocycles. The fourth-order valence-corrected chi connectivity index (χ4v) is 3.65. The minimum atomic E-state index is -2.25. The van der Waals surface area contributed by atoms with E-state index in [1.807, 2.05) is 0 Å². The average molecular weight is 459 g/mol. The first-order valence-corrected chi connectivity index (χ1v) is 9.47. The second kappa shape index (κ2) is 9.42. The van der Waals surface area contributed by atoms with Gasteiger partial charge in [0.15, 0.2) is 34.8 Å². The molecule has 0 saturated heterocycles. The molecule has 0 N–H and O–H groups in total. The number of hydrogen-bond acceptors (Lipinski definition) is 4. The summed E-state index contributed by atoms with van der Waals surface area (Å²) < 4.78 is 94.5. The summed E-state index contributed by atoms with van der Waals surface area (Å²) in [7, 11) is 2.73. The normalized spacial score (nSPS) is 10.8. The molecule has 0 unspecified atom stereocenters. The van der Waals surface area contributed by atoms with Crippen LogP contribution in [0.25, 0.3) is 0 Å². The molecule has 164 valence electrons. The zero-order chi connectivity index (χ0) is 22.7. The van der Waals surface area contributed by atoms with Crippen LogP contribution in [0.3, 0.4) is 0 Å². The number of nitrogens with zero attached hydrogens (tertiary/aromatic N) is 1. The van der Waals surface area contributed by atoms with Crippen LogP contribution in [-0.2, 0) is 6.54 Å². The maximum atomic E-state index is 14.2. The van der Waals surface area contributed by atoms with Crippen LogP contribution in [0.15, 0.2) is 47.4 Å². The predicted molar refractivity (Wildman–Crippen MR) is 104 cm³/mol. The minimum Gasteiger partial charge on any atom is -0.497 e. The van der Waals surface area contributed by atoms with Crippen molar-refractivity contribution in [1.29, 1.82) is 0 Å². The molecule has 0 spiro atoms. The fourth-order valence-electron chi connectivity index (χ4n) is 2.66. The molecule has 0 aliphatic heterocycles. The molecule has 31 heavy (non-hydrogen) atoms. The molecule has 3 aromatic rings. The SMILES string of the molecule is COc1ccc(CN(Sc2c(F)c(F)c(F)c(F)c2F)c2ccc(OC)c(F)c2)cc1. The lowest BCUT2D eigenvalue weighted by Gasteiger charge is -2.24. The second-order valence-electron chi connectivity index (χ2n) is 6.19. The van der Waals surface area contributed by atoms with Gasteiger partial charge >= 0.3 is 0 Å². The molecular weight excluding hydrogens is 444 g/mol. The number of hydrogen-bond donors (Lipinski definition) is 0. The first-order valence-electron chi connectivity index (χ1n) is 8.70. The van der Waals surface area contributed by atoms with E-state index in [0.29, 0.717) is 11.3 Å². The third kappa shape index (κ3) is 4.68. The van der Waals surface area contributed by atoms with Gasteiger partial charge in [0, 0.05) is 6.07 Å². The van der Waals surface area contributed by atoms with Gasteiger partial charge in [-0.3, -0.25) is 0 Å². The Hall–Kier alpha value is -3.01. The number of methoxy groups -OCH3 is 2. The van der Waals surface area contributed by atoms with Crippen LogP contribution in [0.2, 0.25) is 0 Å². The number of benzene rings is 3. The molecule has 0 amide bonds. The van der Waals surface area contributed by atoms with Gasteiger partial charge in [0.1, 0.15) is 10.6 Å². The molecule has 0 fully saturated rings. The van der Waals surface area contributed by atoms with Gasteiger partial charge in [0.05, 0.1) is 26.5 Å². The van der Waals surface area contributed by atoms with Crippen molar-refractivity contribution in [3.63, 3.8) is 0 Å². The number of halogens is 6. The van der Waals surface area contributed by atoms with Gasteiger partial charge in [-0.2, -0.15) is 0 Å². The Balaban J connectivity index is 2.05. The highest BCUT2D eigenvalue weighted by Crippen LogP contribution is 2.37. The Morgan fingerprint density at radius 3 is 1.84 bits per heavy atom. The van der Waals surface area contributed by atoms with Crippen molar-refractivity contribution in [3.05, 3.63) is 82.9 Å². The van der Waals surface area contributed by atoms with Crippen molar-refractivity contribution >= 4 is 17.6 Å². The van der Waals surface area contributed by atoms with E-state index in [4.69, 9.17) is 9.47 Å². The van der Waals surface area contributed by atoms with Gasteiger partial charge in [-0.15, -0.1) is 0 Å². The molecule has 0 saturated carbocycles. The molecule has 0 atom stereocenters. The van der Waals surface area contributed by atoms with Crippen LogP contribution in [0, 0.1) is 34.9 Å². The largest absolute Gasteiger partial charge is 0.497 e. The van der Waals surface area contributed by atoms with E-state index in [1.165, 1.54) is 30.7 Å². The third-order valence-corrected chi connectivity index (χ3v) is 5.38. The standard InChI is InChI=1S/C21H15F6NO2S/c1-29-13-6-3-11(4-7-13)10-28(12-5-8-15(30-2)14(22)9-12)31-21-19(26)17(24)16(23)18(25)20(21)27/h3-9H,10H2,1-2H3. The summed E-state index contributed by atoms with van der Waals surface area (Å²) in [5.74, 6) is -10.6. The van der Waals surface area contributed by atoms with Gasteiger partial charge in [-0.1, -0.05) is 12.1 Å². The van der Waals surface area contributed by atoms with Gasteiger partial charge < -0.3 is 13.8 Å². The molecule has 0 radical (unpaired) electrons. The maximum absolute atomic E-state index is 14.2. The lowest BCUT2D eigenvalue weighted by molar-refractivity contribution is 0.361. The lowest BCUT2D eigenvalue weighted by atomic mass is 10.2. The van der Waals surface area contributed by atoms with Crippen LogP contribution in [0.1, 0.15) is 5.56 Å². The molecule has 0 heterocycles. The zero-order valence-corrected chi connectivity index (χ0v) is 17.0. The van der Waals surface area contributed by atoms with Crippen LogP contribution in [0.4, 0.5) is 32.0 Å². The van der Waals surface area contributed by atoms with Crippen molar-refractivity contribution in [2.75, 3.05) is 18.5 Å². The Morgan fingerprint density at radius 1 is 0.742 bits per heavy atom. The van der Waals surface area contributed by atoms with Gasteiger partial charge in [0.2, 0.25) is 5.82 Å². The molecule has 3 aromatic carbocycles. The Kier molecular flexibility index (Phi) is 6.89. The summed E-state index contributed by atoms with van der Waals surface area (Å²) in [6.07, 6.45) is 0. The van der Waals surface area contributed by atoms with Crippen molar-refractivity contribution in [3.8, 4) is 11.5 Å². The summed E-state index contributed by atoms with van der Waals surface area (Å²) >= 11 is 0.257. The van der Waals surface area contributed by atoms with Crippen molar-refractivity contribution in [1.82, 2.24) is 0 Å². The smallest absolute Gasteiger partial charge is 0.200 e. The monoisotopic (exact) mass is 459 g/mol. The molecule has 0 aliphatic rings. The molecule has 10 heteroatoms. The van der Waals surface area contributed by atoms with Crippen LogP contribution in [-0.4, -0.2) is 14.2 Å². The fraction of sp³-hybridized carbons (Fsp3) is 0.143. The molecule has 0 aliphatic carbocycles. The van der Waals surface area contributed by atoms with Crippen LogP contribution >= 0.6 is 11.9 Å². The maximum Gasteiger partial charge on any atom is 0.200 e. The Bertz CT molecular complexity index is 1070. The van der Waals surface area contributed by atoms with Crippen LogP contribution in [0.5, 0.6) is 11.5 Å². The van der Waals surface area contributed by atoms with E-state index < -0.39 is 39.8 Å². The topological polar surface area (TPSA) is 21.7 Å². The highest BCUT2D eigenvalue weighted by atomic mass is 32.2. The van der Waals surface area contributed by atoms with Gasteiger partial charge in [-0.05, 0) is 41.8 Å². The van der Waals surface area contributed by atoms with Crippen molar-refractivity contribution in [2.45, 2.75) is 11.4 Å². The predicted octanol–water partition coefficient (Wildman–Crippen LogP) is 6.25. The molecule has 3 nitrogen and oxygen atoms in total. The van der Waals surface area contributed by atoms with E-state index >= 15 is 0 Å². The Morgan fingerprint density at radius 2 is 1.32 bits per heavy atom. The van der Waals surface area contributed by atoms with Gasteiger partial charge in [-0.25, -0.2) is 26.3 Å². The van der Waals surface area contributed by atoms with Gasteiger partial charge in [0.25, 0.3) is 0 Å². The first kappa shape index (κ1) is 22.7. The quantitative estimate of drug-likeness (QED) is 0.180. The summed E-state index contributed by atoms with van der Waals surface area (Å²) in [5.41, 5.74) is 0.719. The number of ether oxygens (including phenoxy) is 2. The molecular formula is C21H15F6NO2S. The van der Waals surface area contributed by atoms with E-state index in [1.54, 1.807) is 24.3 Å². The van der Waals surface area contributed by atoms with E-state index in [2.05, 4.69) is 0 Å². The van der Waals surface area contributed by atoms with E-state index in [-0.39, 0.29) is 29.9 Å². The third-order valence-electron chi connectivity index (χ3n) is 4.28. The van der Waals surface area contributed by atoms with E-state index in [9.17, 15) is 26.3 Å². The summed E-state index contributed by atoms with van der Waals surface area (Å²) in [6.45, 7) is -0.0556. The Labute approximate surface area is 178 Å². The molecule has 0 bridgehead atoms. The highest BCUT2D eigenvalue weighted by Gasteiger charge is 2.28. The number of anilines is 1. The highest BCUT2D eigenvalue weighted by molar-refractivity contribution is 8.00. The van der Waals surface area contributed by atoms with Crippen molar-refractivity contribution < 1.29 is 35.8 Å². The zero-order valence-electron chi connectivity index (χ0n) is 16.2.